The van der Waals surface area contributed by atoms with Crippen LogP contribution in [-0.4, -0.2) is 52.7 Å². The van der Waals surface area contributed by atoms with Crippen molar-refractivity contribution in [1.82, 2.24) is 9.80 Å². The Kier molecular flexibility index (Phi) is 5.62. The van der Waals surface area contributed by atoms with Crippen molar-refractivity contribution in [2.45, 2.75) is 59.2 Å². The summed E-state index contributed by atoms with van der Waals surface area (Å²) in [5, 5.41) is 0. The first-order chi connectivity index (χ1) is 14.0. The summed E-state index contributed by atoms with van der Waals surface area (Å²) in [6.07, 6.45) is 0.803. The lowest BCUT2D eigenvalue weighted by Gasteiger charge is -2.34. The third-order valence-corrected chi connectivity index (χ3v) is 5.45. The molecule has 30 heavy (non-hydrogen) atoms. The summed E-state index contributed by atoms with van der Waals surface area (Å²) in [5.74, 6) is -0.247. The smallest absolute Gasteiger partial charge is 0.375 e. The molecule has 1 saturated heterocycles. The molecule has 2 aliphatic rings. The van der Waals surface area contributed by atoms with Crippen molar-refractivity contribution >= 4 is 29.3 Å². The molecule has 8 heteroatoms. The normalized spacial score (nSPS) is 20.2. The zero-order valence-corrected chi connectivity index (χ0v) is 18.3. The monoisotopic (exact) mass is 414 g/mol. The standard InChI is InChI=1S/C22H30N4O4/c1-6-25(5)18(28)10-9-17(27)14-7-8-16-15(11-14)12-26(20(23)24-16)22(19(29)30-22)13-21(2,3)4/h7-8,11H,6,9-10,12-13H2,1-5H3,(H2,23,24). The summed E-state index contributed by atoms with van der Waals surface area (Å²) in [4.78, 5) is 44.5. The topological polar surface area (TPSA) is 109 Å². The number of nitrogens with two attached hydrogens (primary N) is 1. The summed E-state index contributed by atoms with van der Waals surface area (Å²) in [5.41, 5.74) is 6.89. The van der Waals surface area contributed by atoms with E-state index in [4.69, 9.17) is 10.5 Å². The lowest BCUT2D eigenvalue weighted by molar-refractivity contribution is -0.129. The Morgan fingerprint density at radius 2 is 1.97 bits per heavy atom. The molecule has 1 fully saturated rings. The van der Waals surface area contributed by atoms with E-state index in [9.17, 15) is 14.4 Å². The largest absolute Gasteiger partial charge is 0.423 e. The third-order valence-electron chi connectivity index (χ3n) is 5.45. The molecule has 0 aromatic heterocycles. The van der Waals surface area contributed by atoms with E-state index in [1.165, 1.54) is 0 Å². The van der Waals surface area contributed by atoms with Crippen LogP contribution in [0.2, 0.25) is 0 Å². The molecule has 0 aliphatic carbocycles. The van der Waals surface area contributed by atoms with Gasteiger partial charge in [0.25, 0.3) is 5.72 Å². The Labute approximate surface area is 177 Å². The molecule has 1 unspecified atom stereocenters. The summed E-state index contributed by atoms with van der Waals surface area (Å²) >= 11 is 0. The maximum Gasteiger partial charge on any atom is 0.375 e. The number of carbonyl (C=O) groups excluding carboxylic acids is 3. The second kappa shape index (κ2) is 7.74. The Bertz CT molecular complexity index is 918. The number of epoxide rings is 1. The van der Waals surface area contributed by atoms with E-state index in [0.29, 0.717) is 30.8 Å². The van der Waals surface area contributed by atoms with Gasteiger partial charge in [-0.2, -0.15) is 0 Å². The Hall–Kier alpha value is -2.90. The molecular formula is C22H30N4O4. The van der Waals surface area contributed by atoms with Crippen LogP contribution in [0.25, 0.3) is 0 Å². The first-order valence-corrected chi connectivity index (χ1v) is 10.2. The van der Waals surface area contributed by atoms with E-state index in [-0.39, 0.29) is 41.9 Å². The molecule has 0 bridgehead atoms. The van der Waals surface area contributed by atoms with Crippen LogP contribution in [-0.2, 0) is 20.9 Å². The average Bonchev–Trinajstić information content (AvgIpc) is 3.31. The van der Waals surface area contributed by atoms with Crippen molar-refractivity contribution in [1.29, 1.82) is 0 Å². The quantitative estimate of drug-likeness (QED) is 0.543. The number of carbonyl (C=O) groups is 3. The summed E-state index contributed by atoms with van der Waals surface area (Å²) in [7, 11) is 1.72. The summed E-state index contributed by atoms with van der Waals surface area (Å²) in [6.45, 7) is 8.92. The van der Waals surface area contributed by atoms with Gasteiger partial charge in [-0.05, 0) is 36.1 Å². The van der Waals surface area contributed by atoms with Gasteiger partial charge in [0.1, 0.15) is 0 Å². The molecule has 8 nitrogen and oxygen atoms in total. The van der Waals surface area contributed by atoms with Gasteiger partial charge in [0.2, 0.25) is 5.91 Å². The van der Waals surface area contributed by atoms with Crippen molar-refractivity contribution in [3.05, 3.63) is 29.3 Å². The minimum Gasteiger partial charge on any atom is -0.423 e. The second-order valence-electron chi connectivity index (χ2n) is 9.14. The number of amides is 1. The number of benzene rings is 1. The zero-order chi connectivity index (χ0) is 22.3. The lowest BCUT2D eigenvalue weighted by atomic mass is 9.87. The van der Waals surface area contributed by atoms with Crippen LogP contribution >= 0.6 is 0 Å². The Morgan fingerprint density at radius 3 is 2.53 bits per heavy atom. The number of guanidine groups is 1. The maximum atomic E-state index is 12.6. The van der Waals surface area contributed by atoms with E-state index < -0.39 is 5.72 Å². The van der Waals surface area contributed by atoms with E-state index in [1.54, 1.807) is 35.0 Å². The highest BCUT2D eigenvalue weighted by Crippen LogP contribution is 2.45. The minimum absolute atomic E-state index is 0.0547. The molecule has 2 aliphatic heterocycles. The molecule has 162 valence electrons. The van der Waals surface area contributed by atoms with E-state index in [2.05, 4.69) is 4.99 Å². The van der Waals surface area contributed by atoms with Gasteiger partial charge in [0.05, 0.1) is 12.2 Å². The van der Waals surface area contributed by atoms with Gasteiger partial charge in [-0.25, -0.2) is 9.79 Å². The molecule has 1 aromatic rings. The van der Waals surface area contributed by atoms with Crippen LogP contribution in [0.15, 0.2) is 23.2 Å². The number of hydrogen-bond donors (Lipinski definition) is 1. The van der Waals surface area contributed by atoms with Gasteiger partial charge in [-0.15, -0.1) is 0 Å². The van der Waals surface area contributed by atoms with E-state index >= 15 is 0 Å². The second-order valence-corrected chi connectivity index (χ2v) is 9.14. The number of aliphatic imine (C=N–C) groups is 1. The SMILES string of the molecule is CCN(C)C(=O)CCC(=O)c1ccc2c(c1)CN(C1(CC(C)(C)C)OC1=O)C(N)=N2. The molecular weight excluding hydrogens is 384 g/mol. The molecule has 1 aromatic carbocycles. The van der Waals surface area contributed by atoms with Crippen LogP contribution in [0.5, 0.6) is 0 Å². The predicted molar refractivity (Wildman–Crippen MR) is 113 cm³/mol. The number of rotatable bonds is 7. The molecule has 2 heterocycles. The van der Waals surface area contributed by atoms with Gasteiger partial charge >= 0.3 is 5.97 Å². The highest BCUT2D eigenvalue weighted by molar-refractivity contribution is 6.00. The molecule has 0 spiro atoms. The number of cyclic esters (lactones) is 1. The summed E-state index contributed by atoms with van der Waals surface area (Å²) in [6, 6.07) is 5.22. The fraction of sp³-hybridized carbons (Fsp3) is 0.545. The minimum atomic E-state index is -1.10. The molecule has 0 saturated carbocycles. The van der Waals surface area contributed by atoms with Crippen molar-refractivity contribution in [2.75, 3.05) is 13.6 Å². The Morgan fingerprint density at radius 1 is 1.30 bits per heavy atom. The molecule has 0 radical (unpaired) electrons. The number of hydrogen-bond acceptors (Lipinski definition) is 7. The zero-order valence-electron chi connectivity index (χ0n) is 18.3. The molecule has 1 atom stereocenters. The highest BCUT2D eigenvalue weighted by Gasteiger charge is 2.65. The van der Waals surface area contributed by atoms with Crippen LogP contribution in [0.1, 0.15) is 62.9 Å². The highest BCUT2D eigenvalue weighted by atomic mass is 16.7. The first kappa shape index (κ1) is 21.8. The third kappa shape index (κ3) is 4.32. The van der Waals surface area contributed by atoms with Crippen molar-refractivity contribution in [3.8, 4) is 0 Å². The maximum absolute atomic E-state index is 12.6. The van der Waals surface area contributed by atoms with Crippen molar-refractivity contribution in [2.24, 2.45) is 16.1 Å². The van der Waals surface area contributed by atoms with Crippen LogP contribution in [0.4, 0.5) is 5.69 Å². The van der Waals surface area contributed by atoms with E-state index in [1.807, 2.05) is 27.7 Å². The van der Waals surface area contributed by atoms with Gasteiger partial charge < -0.3 is 15.4 Å². The molecule has 2 N–H and O–H groups in total. The number of nitrogens with zero attached hydrogens (tertiary/aromatic N) is 3. The van der Waals surface area contributed by atoms with Crippen molar-refractivity contribution in [3.63, 3.8) is 0 Å². The number of fused-ring (bicyclic) bond motifs is 1. The first-order valence-electron chi connectivity index (χ1n) is 10.2. The number of Topliss-reactive ketones (excluding diaryl/α,β-unsaturated/α-hetero) is 1. The van der Waals surface area contributed by atoms with Crippen LogP contribution in [0, 0.1) is 5.41 Å². The number of ketones is 1. The van der Waals surface area contributed by atoms with Crippen LogP contribution in [0.3, 0.4) is 0 Å². The fourth-order valence-corrected chi connectivity index (χ4v) is 3.69. The van der Waals surface area contributed by atoms with Crippen molar-refractivity contribution < 1.29 is 19.1 Å². The van der Waals surface area contributed by atoms with Crippen LogP contribution < -0.4 is 5.73 Å². The molecule has 1 amide bonds. The predicted octanol–water partition coefficient (Wildman–Crippen LogP) is 2.58. The van der Waals surface area contributed by atoms with Gasteiger partial charge in [0.15, 0.2) is 11.7 Å². The average molecular weight is 415 g/mol. The summed E-state index contributed by atoms with van der Waals surface area (Å²) < 4.78 is 5.40. The van der Waals surface area contributed by atoms with Gasteiger partial charge in [0, 0.05) is 38.4 Å². The molecule has 3 rings (SSSR count). The lowest BCUT2D eigenvalue weighted by Crippen LogP contribution is -2.50. The van der Waals surface area contributed by atoms with Gasteiger partial charge in [-0.3, -0.25) is 14.5 Å². The van der Waals surface area contributed by atoms with Gasteiger partial charge in [-0.1, -0.05) is 20.8 Å². The fourth-order valence-electron chi connectivity index (χ4n) is 3.69. The number of ether oxygens (including phenoxy) is 1. The Balaban J connectivity index is 1.78. The van der Waals surface area contributed by atoms with E-state index in [0.717, 1.165) is 5.56 Å².